The quantitative estimate of drug-likeness (QED) is 0.213. The topological polar surface area (TPSA) is 107 Å². The first-order valence-corrected chi connectivity index (χ1v) is 14.8. The van der Waals surface area contributed by atoms with Crippen molar-refractivity contribution < 1.29 is 22.7 Å². The van der Waals surface area contributed by atoms with E-state index >= 15 is 0 Å². The van der Waals surface area contributed by atoms with Gasteiger partial charge < -0.3 is 35.8 Å². The number of methoxy groups -OCH3 is 1. The summed E-state index contributed by atoms with van der Waals surface area (Å²) < 4.78 is 47.2. The number of anilines is 5. The number of nitrogens with zero attached hydrogens (tertiary/aromatic N) is 4. The third kappa shape index (κ3) is 7.69. The summed E-state index contributed by atoms with van der Waals surface area (Å²) >= 11 is 0. The molecule has 1 fully saturated rings. The van der Waals surface area contributed by atoms with Gasteiger partial charge in [-0.05, 0) is 75.8 Å². The molecule has 0 saturated carbocycles. The van der Waals surface area contributed by atoms with Gasteiger partial charge in [-0.2, -0.15) is 18.2 Å². The van der Waals surface area contributed by atoms with E-state index in [-0.39, 0.29) is 30.6 Å². The van der Waals surface area contributed by atoms with Crippen LogP contribution in [0, 0.1) is 0 Å². The second-order valence-electron chi connectivity index (χ2n) is 11.4. The number of halogens is 3. The van der Waals surface area contributed by atoms with E-state index in [9.17, 15) is 18.0 Å². The maximum Gasteiger partial charge on any atom is 0.421 e. The molecule has 236 valence electrons. The molecule has 0 spiro atoms. The highest BCUT2D eigenvalue weighted by Gasteiger charge is 2.35. The summed E-state index contributed by atoms with van der Waals surface area (Å²) in [6, 6.07) is 11.5. The normalized spacial score (nSPS) is 15.3. The van der Waals surface area contributed by atoms with Crippen LogP contribution in [0.1, 0.15) is 36.0 Å². The van der Waals surface area contributed by atoms with Crippen molar-refractivity contribution in [2.75, 3.05) is 68.2 Å². The van der Waals surface area contributed by atoms with Crippen LogP contribution in [-0.4, -0.2) is 74.2 Å². The summed E-state index contributed by atoms with van der Waals surface area (Å²) in [5, 5.41) is 12.3. The number of fused-ring (bicyclic) bond motifs is 1. The number of aromatic nitrogens is 2. The van der Waals surface area contributed by atoms with Gasteiger partial charge in [0.15, 0.2) is 0 Å². The van der Waals surface area contributed by atoms with E-state index in [2.05, 4.69) is 55.1 Å². The zero-order valence-electron chi connectivity index (χ0n) is 25.2. The van der Waals surface area contributed by atoms with Gasteiger partial charge in [-0.15, -0.1) is 0 Å². The minimum absolute atomic E-state index is 0.0113. The molecule has 0 aliphatic carbocycles. The first kappa shape index (κ1) is 31.3. The molecule has 5 rings (SSSR count). The van der Waals surface area contributed by atoms with Crippen LogP contribution in [0.3, 0.4) is 0 Å². The molecule has 0 unspecified atom stereocenters. The van der Waals surface area contributed by atoms with E-state index in [0.717, 1.165) is 62.9 Å². The lowest BCUT2D eigenvalue weighted by Gasteiger charge is -2.34. The van der Waals surface area contributed by atoms with Gasteiger partial charge in [0.05, 0.1) is 19.2 Å². The van der Waals surface area contributed by atoms with Gasteiger partial charge in [-0.1, -0.05) is 12.1 Å². The van der Waals surface area contributed by atoms with Gasteiger partial charge in [-0.25, -0.2) is 4.98 Å². The Morgan fingerprint density at radius 3 is 2.68 bits per heavy atom. The maximum atomic E-state index is 13.8. The Kier molecular flexibility index (Phi) is 9.74. The van der Waals surface area contributed by atoms with Crippen molar-refractivity contribution in [3.63, 3.8) is 0 Å². The average Bonchev–Trinajstić information content (AvgIpc) is 3.39. The third-order valence-electron chi connectivity index (χ3n) is 7.93. The highest BCUT2D eigenvalue weighted by molar-refractivity contribution is 5.99. The predicted octanol–water partition coefficient (Wildman–Crippen LogP) is 4.86. The lowest BCUT2D eigenvalue weighted by Crippen LogP contribution is -2.43. The number of amides is 1. The number of hydrogen-bond acceptors (Lipinski definition) is 9. The van der Waals surface area contributed by atoms with Crippen LogP contribution in [-0.2, 0) is 23.9 Å². The SMILES string of the molecule is COc1cc(N2CCC(NCCCN(C)C)CC2)ccc1Nc1ncc(C(F)(F)F)c(NCc2cccc3c2CC(=O)N3)n1. The molecular formula is C31H39F3N8O2. The van der Waals surface area contributed by atoms with Gasteiger partial charge in [0, 0.05) is 49.3 Å². The molecule has 10 nitrogen and oxygen atoms in total. The Hall–Kier alpha value is -4.10. The first-order valence-electron chi connectivity index (χ1n) is 14.8. The van der Waals surface area contributed by atoms with Crippen molar-refractivity contribution in [3.8, 4) is 5.75 Å². The zero-order valence-corrected chi connectivity index (χ0v) is 25.2. The summed E-state index contributed by atoms with van der Waals surface area (Å²) in [5.41, 5.74) is 2.70. The molecule has 44 heavy (non-hydrogen) atoms. The molecule has 1 aromatic heterocycles. The Balaban J connectivity index is 1.26. The highest BCUT2D eigenvalue weighted by Crippen LogP contribution is 2.36. The Labute approximate surface area is 255 Å². The molecule has 13 heteroatoms. The predicted molar refractivity (Wildman–Crippen MR) is 166 cm³/mol. The van der Waals surface area contributed by atoms with E-state index in [0.29, 0.717) is 28.7 Å². The number of rotatable bonds is 12. The molecule has 2 aliphatic heterocycles. The van der Waals surface area contributed by atoms with Crippen molar-refractivity contribution in [1.82, 2.24) is 20.2 Å². The summed E-state index contributed by atoms with van der Waals surface area (Å²) in [6.07, 6.45) is -0.523. The van der Waals surface area contributed by atoms with Crippen molar-refractivity contribution >= 4 is 34.7 Å². The van der Waals surface area contributed by atoms with Crippen molar-refractivity contribution in [2.45, 2.75) is 44.4 Å². The molecule has 2 aromatic carbocycles. The maximum absolute atomic E-state index is 13.8. The molecule has 1 amide bonds. The van der Waals surface area contributed by atoms with Gasteiger partial charge in [0.25, 0.3) is 0 Å². The van der Waals surface area contributed by atoms with Crippen molar-refractivity contribution in [1.29, 1.82) is 0 Å². The van der Waals surface area contributed by atoms with Crippen LogP contribution in [0.4, 0.5) is 42.0 Å². The molecule has 3 aromatic rings. The fourth-order valence-corrected chi connectivity index (χ4v) is 5.59. The fraction of sp³-hybridized carbons (Fsp3) is 0.452. The number of hydrogen-bond donors (Lipinski definition) is 4. The minimum Gasteiger partial charge on any atom is -0.494 e. The largest absolute Gasteiger partial charge is 0.494 e. The number of ether oxygens (including phenoxy) is 1. The number of nitrogens with one attached hydrogen (secondary N) is 4. The molecule has 1 saturated heterocycles. The van der Waals surface area contributed by atoms with Gasteiger partial charge in [0.2, 0.25) is 11.9 Å². The number of carbonyl (C=O) groups is 1. The van der Waals surface area contributed by atoms with E-state index < -0.39 is 11.7 Å². The lowest BCUT2D eigenvalue weighted by molar-refractivity contribution is -0.137. The number of carbonyl (C=O) groups excluding carboxylic acids is 1. The van der Waals surface area contributed by atoms with Crippen molar-refractivity contribution in [2.24, 2.45) is 0 Å². The summed E-state index contributed by atoms with van der Waals surface area (Å²) in [6.45, 7) is 3.95. The molecular weight excluding hydrogens is 573 g/mol. The monoisotopic (exact) mass is 612 g/mol. The zero-order chi connectivity index (χ0) is 31.3. The van der Waals surface area contributed by atoms with E-state index in [1.54, 1.807) is 25.3 Å². The van der Waals surface area contributed by atoms with Gasteiger partial charge >= 0.3 is 6.18 Å². The molecule has 4 N–H and O–H groups in total. The fourth-order valence-electron chi connectivity index (χ4n) is 5.59. The second-order valence-corrected chi connectivity index (χ2v) is 11.4. The van der Waals surface area contributed by atoms with Crippen LogP contribution in [0.25, 0.3) is 0 Å². The van der Waals surface area contributed by atoms with Gasteiger partial charge in [-0.3, -0.25) is 4.79 Å². The molecule has 0 bridgehead atoms. The summed E-state index contributed by atoms with van der Waals surface area (Å²) in [7, 11) is 5.71. The first-order chi connectivity index (χ1) is 21.1. The molecule has 2 aliphatic rings. The Bertz CT molecular complexity index is 1460. The van der Waals surface area contributed by atoms with Crippen LogP contribution in [0.2, 0.25) is 0 Å². The molecule has 0 radical (unpaired) electrons. The Morgan fingerprint density at radius 1 is 1.16 bits per heavy atom. The number of piperidine rings is 1. The number of alkyl halides is 3. The van der Waals surface area contributed by atoms with E-state index in [1.165, 1.54) is 0 Å². The standard InChI is InChI=1S/C31H39F3N8O2/c1-41(2)13-5-12-35-21-10-14-42(15-11-21)22-8-9-26(27(16-22)44-3)39-30-37-19-24(31(32,33)34)29(40-30)36-18-20-6-4-7-25-23(20)17-28(43)38-25/h4,6-9,16,19,21,35H,5,10-15,17-18H2,1-3H3,(H,38,43)(H2,36,37,39,40). The van der Waals surface area contributed by atoms with Crippen LogP contribution in [0.15, 0.2) is 42.6 Å². The smallest absolute Gasteiger partial charge is 0.421 e. The van der Waals surface area contributed by atoms with E-state index in [4.69, 9.17) is 4.74 Å². The Morgan fingerprint density at radius 2 is 1.95 bits per heavy atom. The second kappa shape index (κ2) is 13.7. The third-order valence-corrected chi connectivity index (χ3v) is 7.93. The lowest BCUT2D eigenvalue weighted by atomic mass is 10.0. The van der Waals surface area contributed by atoms with Crippen LogP contribution < -0.4 is 30.9 Å². The molecule has 3 heterocycles. The summed E-state index contributed by atoms with van der Waals surface area (Å²) in [5.74, 6) is 0.00697. The average molecular weight is 613 g/mol. The highest BCUT2D eigenvalue weighted by atomic mass is 19.4. The molecule has 0 atom stereocenters. The summed E-state index contributed by atoms with van der Waals surface area (Å²) in [4.78, 5) is 24.5. The van der Waals surface area contributed by atoms with Gasteiger partial charge in [0.1, 0.15) is 17.1 Å². The minimum atomic E-state index is -4.66. The van der Waals surface area contributed by atoms with Crippen LogP contribution in [0.5, 0.6) is 5.75 Å². The van der Waals surface area contributed by atoms with Crippen LogP contribution >= 0.6 is 0 Å². The number of benzene rings is 2. The van der Waals surface area contributed by atoms with E-state index in [1.807, 2.05) is 18.2 Å². The van der Waals surface area contributed by atoms with Crippen molar-refractivity contribution in [3.05, 3.63) is 59.3 Å².